The average molecular weight is 251 g/mol. The van der Waals surface area contributed by atoms with Gasteiger partial charge in [0.1, 0.15) is 0 Å². The lowest BCUT2D eigenvalue weighted by molar-refractivity contribution is 0.223. The van der Waals surface area contributed by atoms with Crippen molar-refractivity contribution in [3.63, 3.8) is 0 Å². The van der Waals surface area contributed by atoms with E-state index in [9.17, 15) is 0 Å². The average Bonchev–Trinajstić information content (AvgIpc) is 3.05. The van der Waals surface area contributed by atoms with E-state index >= 15 is 0 Å². The van der Waals surface area contributed by atoms with E-state index in [1.54, 1.807) is 0 Å². The second kappa shape index (κ2) is 6.90. The lowest BCUT2D eigenvalue weighted by atomic mass is 10.3. The minimum atomic E-state index is 0.802. The summed E-state index contributed by atoms with van der Waals surface area (Å²) in [6, 6.07) is 2.08. The predicted molar refractivity (Wildman–Crippen MR) is 72.2 cm³/mol. The fourth-order valence-electron chi connectivity index (χ4n) is 2.20. The Kier molecular flexibility index (Phi) is 5.20. The van der Waals surface area contributed by atoms with Crippen molar-refractivity contribution < 1.29 is 4.52 Å². The SMILES string of the molecule is CCCN(Cc1cc(CNCC)no1)CC1CC1. The highest BCUT2D eigenvalue weighted by Gasteiger charge is 2.24. The van der Waals surface area contributed by atoms with E-state index in [1.165, 1.54) is 25.8 Å². The van der Waals surface area contributed by atoms with Crippen molar-refractivity contribution in [3.8, 4) is 0 Å². The Labute approximate surface area is 110 Å². The fraction of sp³-hybridized carbons (Fsp3) is 0.786. The Morgan fingerprint density at radius 3 is 2.94 bits per heavy atom. The number of nitrogens with zero attached hydrogens (tertiary/aromatic N) is 2. The van der Waals surface area contributed by atoms with Crippen LogP contribution in [0.3, 0.4) is 0 Å². The molecular formula is C14H25N3O. The Bertz CT molecular complexity index is 347. The largest absolute Gasteiger partial charge is 0.360 e. The van der Waals surface area contributed by atoms with Crippen LogP contribution < -0.4 is 5.32 Å². The molecule has 2 rings (SSSR count). The molecule has 0 unspecified atom stereocenters. The van der Waals surface area contributed by atoms with Crippen LogP contribution in [0.15, 0.2) is 10.6 Å². The lowest BCUT2D eigenvalue weighted by Crippen LogP contribution is -2.26. The second-order valence-electron chi connectivity index (χ2n) is 5.24. The standard InChI is InChI=1S/C14H25N3O/c1-3-7-17(10-12-5-6-12)11-14-8-13(16-18-14)9-15-4-2/h8,12,15H,3-7,9-11H2,1-2H3. The molecule has 1 aromatic heterocycles. The molecule has 102 valence electrons. The molecule has 1 N–H and O–H groups in total. The summed E-state index contributed by atoms with van der Waals surface area (Å²) in [5.74, 6) is 1.93. The van der Waals surface area contributed by atoms with Gasteiger partial charge in [-0.15, -0.1) is 0 Å². The predicted octanol–water partition coefficient (Wildman–Crippen LogP) is 2.41. The van der Waals surface area contributed by atoms with E-state index in [2.05, 4.69) is 35.3 Å². The van der Waals surface area contributed by atoms with Crippen LogP contribution in [0.4, 0.5) is 0 Å². The fourth-order valence-corrected chi connectivity index (χ4v) is 2.20. The smallest absolute Gasteiger partial charge is 0.151 e. The molecule has 1 aliphatic carbocycles. The zero-order valence-corrected chi connectivity index (χ0v) is 11.6. The normalized spacial score (nSPS) is 15.5. The summed E-state index contributed by atoms with van der Waals surface area (Å²) in [6.45, 7) is 9.37. The van der Waals surface area contributed by atoms with Gasteiger partial charge in [0.05, 0.1) is 12.2 Å². The third-order valence-electron chi connectivity index (χ3n) is 3.30. The molecule has 1 heterocycles. The minimum Gasteiger partial charge on any atom is -0.360 e. The molecule has 1 saturated carbocycles. The maximum absolute atomic E-state index is 5.41. The quantitative estimate of drug-likeness (QED) is 0.732. The van der Waals surface area contributed by atoms with E-state index < -0.39 is 0 Å². The van der Waals surface area contributed by atoms with Crippen molar-refractivity contribution in [3.05, 3.63) is 17.5 Å². The topological polar surface area (TPSA) is 41.3 Å². The van der Waals surface area contributed by atoms with Crippen LogP contribution >= 0.6 is 0 Å². The van der Waals surface area contributed by atoms with E-state index in [1.807, 2.05) is 0 Å². The number of hydrogen-bond donors (Lipinski definition) is 1. The number of nitrogens with one attached hydrogen (secondary N) is 1. The van der Waals surface area contributed by atoms with Gasteiger partial charge in [-0.25, -0.2) is 0 Å². The number of rotatable bonds is 9. The third kappa shape index (κ3) is 4.42. The van der Waals surface area contributed by atoms with Crippen LogP contribution in [-0.4, -0.2) is 29.7 Å². The molecule has 0 aromatic carbocycles. The zero-order valence-electron chi connectivity index (χ0n) is 11.6. The molecule has 0 amide bonds. The Balaban J connectivity index is 1.82. The van der Waals surface area contributed by atoms with Crippen LogP contribution in [0.2, 0.25) is 0 Å². The highest BCUT2D eigenvalue weighted by Crippen LogP contribution is 2.30. The third-order valence-corrected chi connectivity index (χ3v) is 3.30. The summed E-state index contributed by atoms with van der Waals surface area (Å²) in [5.41, 5.74) is 1.01. The molecule has 4 nitrogen and oxygen atoms in total. The molecule has 0 atom stereocenters. The van der Waals surface area contributed by atoms with Gasteiger partial charge in [-0.3, -0.25) is 4.90 Å². The molecule has 18 heavy (non-hydrogen) atoms. The second-order valence-corrected chi connectivity index (χ2v) is 5.24. The van der Waals surface area contributed by atoms with Crippen LogP contribution in [0, 0.1) is 5.92 Å². The Morgan fingerprint density at radius 1 is 1.44 bits per heavy atom. The first-order valence-electron chi connectivity index (χ1n) is 7.19. The Hall–Kier alpha value is -0.870. The van der Waals surface area contributed by atoms with E-state index in [0.717, 1.165) is 43.6 Å². The van der Waals surface area contributed by atoms with Crippen molar-refractivity contribution in [2.45, 2.75) is 46.2 Å². The highest BCUT2D eigenvalue weighted by atomic mass is 16.5. The molecule has 0 saturated heterocycles. The van der Waals surface area contributed by atoms with Crippen LogP contribution in [0.1, 0.15) is 44.6 Å². The molecule has 0 spiro atoms. The summed E-state index contributed by atoms with van der Waals surface area (Å²) in [4.78, 5) is 2.50. The van der Waals surface area contributed by atoms with Gasteiger partial charge in [-0.2, -0.15) is 0 Å². The van der Waals surface area contributed by atoms with Gasteiger partial charge < -0.3 is 9.84 Å². The maximum atomic E-state index is 5.41. The van der Waals surface area contributed by atoms with E-state index in [-0.39, 0.29) is 0 Å². The van der Waals surface area contributed by atoms with E-state index in [0.29, 0.717) is 0 Å². The molecule has 0 aliphatic heterocycles. The van der Waals surface area contributed by atoms with E-state index in [4.69, 9.17) is 4.52 Å². The van der Waals surface area contributed by atoms with Gasteiger partial charge in [0, 0.05) is 19.2 Å². The number of aromatic nitrogens is 1. The first-order valence-corrected chi connectivity index (χ1v) is 7.19. The van der Waals surface area contributed by atoms with Gasteiger partial charge >= 0.3 is 0 Å². The lowest BCUT2D eigenvalue weighted by Gasteiger charge is -2.19. The summed E-state index contributed by atoms with van der Waals surface area (Å²) in [5, 5.41) is 7.36. The molecule has 0 radical (unpaired) electrons. The molecule has 1 aromatic rings. The van der Waals surface area contributed by atoms with Gasteiger partial charge in [0.2, 0.25) is 0 Å². The summed E-state index contributed by atoms with van der Waals surface area (Å²) >= 11 is 0. The molecule has 1 aliphatic rings. The maximum Gasteiger partial charge on any atom is 0.151 e. The first kappa shape index (κ1) is 13.6. The monoisotopic (exact) mass is 251 g/mol. The van der Waals surface area contributed by atoms with Gasteiger partial charge in [0.15, 0.2) is 5.76 Å². The van der Waals surface area contributed by atoms with Crippen molar-refractivity contribution in [1.29, 1.82) is 0 Å². The molecular weight excluding hydrogens is 226 g/mol. The van der Waals surface area contributed by atoms with Crippen molar-refractivity contribution in [1.82, 2.24) is 15.4 Å². The van der Waals surface area contributed by atoms with Crippen molar-refractivity contribution in [2.75, 3.05) is 19.6 Å². The van der Waals surface area contributed by atoms with Crippen LogP contribution in [-0.2, 0) is 13.1 Å². The molecule has 4 heteroatoms. The van der Waals surface area contributed by atoms with Crippen molar-refractivity contribution in [2.24, 2.45) is 5.92 Å². The molecule has 0 bridgehead atoms. The van der Waals surface area contributed by atoms with Gasteiger partial charge in [-0.05, 0) is 38.3 Å². The number of hydrogen-bond acceptors (Lipinski definition) is 4. The zero-order chi connectivity index (χ0) is 12.8. The Morgan fingerprint density at radius 2 is 2.28 bits per heavy atom. The van der Waals surface area contributed by atoms with Crippen molar-refractivity contribution >= 4 is 0 Å². The summed E-state index contributed by atoms with van der Waals surface area (Å²) in [6.07, 6.45) is 4.01. The van der Waals surface area contributed by atoms with Crippen LogP contribution in [0.25, 0.3) is 0 Å². The minimum absolute atomic E-state index is 0.802. The van der Waals surface area contributed by atoms with Gasteiger partial charge in [0.25, 0.3) is 0 Å². The van der Waals surface area contributed by atoms with Gasteiger partial charge in [-0.1, -0.05) is 19.0 Å². The summed E-state index contributed by atoms with van der Waals surface area (Å²) < 4.78 is 5.41. The van der Waals surface area contributed by atoms with Crippen LogP contribution in [0.5, 0.6) is 0 Å². The highest BCUT2D eigenvalue weighted by molar-refractivity contribution is 5.05. The molecule has 1 fully saturated rings. The first-order chi connectivity index (χ1) is 8.81. The summed E-state index contributed by atoms with van der Waals surface area (Å²) in [7, 11) is 0.